The summed E-state index contributed by atoms with van der Waals surface area (Å²) in [5.41, 5.74) is 0.488. The van der Waals surface area contributed by atoms with Crippen molar-refractivity contribution < 1.29 is 92.0 Å². The van der Waals surface area contributed by atoms with Crippen molar-refractivity contribution >= 4 is 132 Å². The highest BCUT2D eigenvalue weighted by Gasteiger charge is 2.54. The minimum absolute atomic E-state index is 0.00597. The van der Waals surface area contributed by atoms with Gasteiger partial charge >= 0.3 is 5.97 Å². The first-order chi connectivity index (χ1) is 64.5. The summed E-state index contributed by atoms with van der Waals surface area (Å²) in [6, 6.07) is 28.1. The number of ether oxygens (including phenoxy) is 1. The number of aromatic hydroxyl groups is 2. The minimum Gasteiger partial charge on any atom is -0.508 e. The Morgan fingerprint density at radius 1 is 0.526 bits per heavy atom. The van der Waals surface area contributed by atoms with Crippen LogP contribution in [0.5, 0.6) is 11.5 Å². The number of piperidine rings is 1. The molecule has 722 valence electrons. The minimum atomic E-state index is -2.04. The van der Waals surface area contributed by atoms with Crippen molar-refractivity contribution in [2.24, 2.45) is 11.8 Å². The predicted molar refractivity (Wildman–Crippen MR) is 514 cm³/mol. The molecule has 1 aromatic heterocycles. The molecule has 4 aliphatic rings. The average molecular weight is 1990 g/mol. The lowest BCUT2D eigenvalue weighted by molar-refractivity contribution is -0.152. The van der Waals surface area contributed by atoms with Gasteiger partial charge in [0.05, 0.1) is 31.4 Å². The third kappa shape index (κ3) is 28.4. The lowest BCUT2D eigenvalue weighted by Gasteiger charge is -2.39. The number of hydrogen-bond acceptors (Lipinski definition) is 20. The maximum atomic E-state index is 16.0. The smallest absolute Gasteiger partial charge is 0.305 e. The Balaban J connectivity index is 0.985. The molecule has 0 aliphatic carbocycles. The molecule has 14 atom stereocenters. The van der Waals surface area contributed by atoms with Gasteiger partial charge in [0.25, 0.3) is 0 Å². The molecule has 11 rings (SSSR count). The Hall–Kier alpha value is -12.3. The number of aromatic nitrogens is 1. The van der Waals surface area contributed by atoms with Crippen molar-refractivity contribution in [2.45, 2.75) is 228 Å². The first kappa shape index (κ1) is 103. The Morgan fingerprint density at radius 2 is 1.02 bits per heavy atom. The lowest BCUT2D eigenvalue weighted by Crippen LogP contribution is -2.66. The summed E-state index contributed by atoms with van der Waals surface area (Å²) < 4.78 is 5.75. The van der Waals surface area contributed by atoms with Crippen LogP contribution in [0.1, 0.15) is 139 Å². The third-order valence-electron chi connectivity index (χ3n) is 25.1. The normalized spacial score (nSPS) is 25.5. The summed E-state index contributed by atoms with van der Waals surface area (Å²) in [4.78, 5) is 235. The zero-order chi connectivity index (χ0) is 97.4. The van der Waals surface area contributed by atoms with E-state index in [1.54, 1.807) is 152 Å². The van der Waals surface area contributed by atoms with Crippen molar-refractivity contribution in [3.63, 3.8) is 0 Å². The molecule has 4 aliphatic heterocycles. The number of carbonyl (C=O) groups excluding carboxylic acids is 14. The van der Waals surface area contributed by atoms with E-state index in [0.717, 1.165) is 11.8 Å². The number of carboxylic acids is 1. The van der Waals surface area contributed by atoms with Crippen LogP contribution in [-0.2, 0) is 115 Å². The van der Waals surface area contributed by atoms with E-state index in [1.165, 1.54) is 77.0 Å². The van der Waals surface area contributed by atoms with E-state index in [1.807, 2.05) is 39.0 Å². The number of phenols is 2. The number of benzene rings is 6. The highest BCUT2D eigenvalue weighted by molar-refractivity contribution is 14.1. The molecule has 36 heteroatoms. The number of aromatic amines is 1. The van der Waals surface area contributed by atoms with E-state index in [2.05, 4.69) is 58.2 Å². The van der Waals surface area contributed by atoms with Gasteiger partial charge < -0.3 is 92.5 Å². The van der Waals surface area contributed by atoms with Gasteiger partial charge in [-0.25, -0.2) is 0 Å². The second-order valence-corrected chi connectivity index (χ2v) is 38.5. The summed E-state index contributed by atoms with van der Waals surface area (Å²) >= 11 is 2.67. The number of carbonyl (C=O) groups is 15. The molecule has 135 heavy (non-hydrogen) atoms. The number of carboxylic acid groups (broad SMARTS) is 1. The number of phenolic OH excluding ortho intramolecular Hbond substituents is 2. The number of nitrogens with zero attached hydrogens (tertiary/aromatic N) is 4. The SMILES string of the molecule is CCCC[C@H]1C(=O)N2CCC[C@@H]2C(=O)N[C@@H](CC(=O)O)C(=O)N[C@@H](C(C)C)C(=O)N[C@@](C)(Cc2ccccc2)C(=O)N[C@@H](Cc2ccc(O)cc2)C(=O)N2CCCC[C@@H]2C(=O)N[C@@H](Cc2c[nH]c3ccccc23)C(=O)N[C@@H](Cc2ccc(O)cc2)C(=O)N[C@@H](CC(C)C)C(=O)N[C@H](C2(NCC(=O)I)CO2)CSCC(=O)N[C@@H](Cc2ccccc2)C(=O)N(C)[C@@H](Cc2ccccc2)C(=O)N1C. The van der Waals surface area contributed by atoms with Gasteiger partial charge in [0.2, 0.25) is 80.6 Å². The number of aliphatic carboxylic acids is 1. The highest BCUT2D eigenvalue weighted by atomic mass is 127. The number of nitrogens with one attached hydrogen (secondary N) is 11. The monoisotopic (exact) mass is 1990 g/mol. The Labute approximate surface area is 803 Å². The molecule has 0 radical (unpaired) electrons. The zero-order valence-electron chi connectivity index (χ0n) is 77.3. The molecule has 4 fully saturated rings. The van der Waals surface area contributed by atoms with Crippen LogP contribution in [0.3, 0.4) is 0 Å². The van der Waals surface area contributed by atoms with Crippen molar-refractivity contribution in [1.82, 2.24) is 77.8 Å². The Morgan fingerprint density at radius 3 is 1.60 bits per heavy atom. The van der Waals surface area contributed by atoms with E-state index in [0.29, 0.717) is 70.0 Å². The molecule has 7 aromatic rings. The van der Waals surface area contributed by atoms with E-state index in [-0.39, 0.29) is 130 Å². The maximum absolute atomic E-state index is 16.0. The number of unbranched alkanes of at least 4 members (excludes halogenated alkanes) is 1. The van der Waals surface area contributed by atoms with Crippen LogP contribution in [0.4, 0.5) is 0 Å². The second-order valence-electron chi connectivity index (χ2n) is 36.3. The molecular weight excluding hydrogens is 1860 g/mol. The molecule has 4 saturated heterocycles. The molecular formula is C99H124IN15O19S. The molecule has 5 heterocycles. The van der Waals surface area contributed by atoms with Gasteiger partial charge in [-0.2, -0.15) is 0 Å². The summed E-state index contributed by atoms with van der Waals surface area (Å²) in [6.07, 6.45) is 1.71. The fourth-order valence-electron chi connectivity index (χ4n) is 17.6. The number of amides is 13. The first-order valence-electron chi connectivity index (χ1n) is 46.0. The standard InChI is InChI=1S/C99H124IN15O19S/c1-9-10-33-79-96(132)115-45-24-35-78(115)91(127)107-74(52-84(120)121)89(125)110-85(60(4)5)92(128)111-98(6,53-65-29-18-13-19-30-65)97(133)108-76(49-64-38-42-68(117)43-39-64)94(130)114-44-23-22-34-77(114)90(126)106-73(51-66-54-101-70-32-21-20-31-69(66)70)87(123)105-72(47-63-36-40-67(116)41-37-63)86(122)104-71(46-59(2)3)88(124)109-81(99(58-134-99)102-55-82(100)118)56-135-57-83(119)103-75(48-61-25-14-11-15-26-61)93(129)113(8)80(95(131)112(79)7)50-62-27-16-12-17-28-62/h11-21,25-32,36-43,54,59-60,71-81,85,101-102,116-117H,9-10,22-24,33-35,44-53,55-58H2,1-8H3,(H,103,119)(H,104,122)(H,105,123)(H,106,126)(H,107,127)(H,108,133)(H,109,124)(H,110,125)(H,111,128)(H,120,121)/t71-,72-,73-,74-,75-,76-,77+,78+,79-,80-,81-,85-,98-,99?/m0/s1. The van der Waals surface area contributed by atoms with Crippen LogP contribution < -0.4 is 53.2 Å². The Kier molecular flexibility index (Phi) is 36.9. The van der Waals surface area contributed by atoms with E-state index < -0.39 is 179 Å². The molecule has 1 unspecified atom stereocenters. The number of halogens is 1. The number of para-hydroxylation sites is 1. The van der Waals surface area contributed by atoms with E-state index in [9.17, 15) is 39.3 Å². The van der Waals surface area contributed by atoms with Crippen LogP contribution in [-0.4, -0.2) is 262 Å². The van der Waals surface area contributed by atoms with Gasteiger partial charge in [-0.1, -0.05) is 181 Å². The van der Waals surface area contributed by atoms with E-state index >= 15 is 47.9 Å². The largest absolute Gasteiger partial charge is 0.508 e. The highest BCUT2D eigenvalue weighted by Crippen LogP contribution is 2.33. The van der Waals surface area contributed by atoms with Gasteiger partial charge in [-0.05, 0) is 127 Å². The van der Waals surface area contributed by atoms with Gasteiger partial charge in [-0.15, -0.1) is 11.8 Å². The van der Waals surface area contributed by atoms with Crippen molar-refractivity contribution in [1.29, 1.82) is 0 Å². The van der Waals surface area contributed by atoms with Gasteiger partial charge in [0, 0.05) is 111 Å². The molecule has 34 nitrogen and oxygen atoms in total. The quantitative estimate of drug-likeness (QED) is 0.0201. The fraction of sp³-hybridized carbons (Fsp3) is 0.465. The predicted octanol–water partition coefficient (Wildman–Crippen LogP) is 5.51. The number of epoxide rings is 1. The summed E-state index contributed by atoms with van der Waals surface area (Å²) in [5, 5.41) is 61.0. The number of H-pyrrole nitrogens is 1. The van der Waals surface area contributed by atoms with Gasteiger partial charge in [-0.3, -0.25) is 77.2 Å². The average Bonchev–Trinajstić information content (AvgIpc) is 1.77. The van der Waals surface area contributed by atoms with Crippen LogP contribution in [0.25, 0.3) is 10.9 Å². The molecule has 0 spiro atoms. The van der Waals surface area contributed by atoms with Crippen molar-refractivity contribution in [3.8, 4) is 11.5 Å². The number of thioether (sulfide) groups is 1. The molecule has 14 N–H and O–H groups in total. The van der Waals surface area contributed by atoms with Crippen LogP contribution in [0, 0.1) is 11.8 Å². The first-order valence-corrected chi connectivity index (χ1v) is 48.2. The summed E-state index contributed by atoms with van der Waals surface area (Å²) in [5.74, 6) is -13.9. The summed E-state index contributed by atoms with van der Waals surface area (Å²) in [6.45, 7) is 9.84. The number of hydrogen-bond donors (Lipinski definition) is 14. The van der Waals surface area contributed by atoms with Gasteiger partial charge in [0.15, 0.2) is 5.72 Å². The number of rotatable bonds is 24. The summed E-state index contributed by atoms with van der Waals surface area (Å²) in [7, 11) is 2.86. The van der Waals surface area contributed by atoms with Crippen LogP contribution in [0.2, 0.25) is 0 Å². The number of likely N-dealkylation sites (N-methyl/N-ethyl adjacent to an activating group) is 2. The lowest BCUT2D eigenvalue weighted by atomic mass is 9.89. The topological polar surface area (TPSA) is 478 Å². The van der Waals surface area contributed by atoms with E-state index in [4.69, 9.17) is 4.74 Å². The van der Waals surface area contributed by atoms with Gasteiger partial charge in [0.1, 0.15) is 83.5 Å². The van der Waals surface area contributed by atoms with Crippen LogP contribution >= 0.6 is 34.4 Å². The second kappa shape index (κ2) is 48.3. The third-order valence-corrected chi connectivity index (χ3v) is 26.6. The zero-order valence-corrected chi connectivity index (χ0v) is 80.2. The fourth-order valence-corrected chi connectivity index (χ4v) is 18.8. The van der Waals surface area contributed by atoms with Crippen LogP contribution in [0.15, 0.2) is 170 Å². The molecule has 13 amide bonds. The molecule has 0 bridgehead atoms. The number of fused-ring (bicyclic) bond motifs is 3. The molecule has 0 saturated carbocycles. The Bertz CT molecular complexity index is 5340. The van der Waals surface area contributed by atoms with Crippen molar-refractivity contribution in [3.05, 3.63) is 203 Å². The maximum Gasteiger partial charge on any atom is 0.305 e. The molecule has 6 aromatic carbocycles. The van der Waals surface area contributed by atoms with Crippen molar-refractivity contribution in [2.75, 3.05) is 51.8 Å².